The van der Waals surface area contributed by atoms with Crippen LogP contribution in [-0.2, 0) is 14.3 Å². The Labute approximate surface area is 74.1 Å². The van der Waals surface area contributed by atoms with E-state index in [0.29, 0.717) is 11.8 Å². The van der Waals surface area contributed by atoms with Crippen LogP contribution in [0.3, 0.4) is 0 Å². The topological polar surface area (TPSA) is 93.2 Å². The number of carbonyl (C=O) groups is 2. The van der Waals surface area contributed by atoms with E-state index in [1.54, 1.807) is 0 Å². The van der Waals surface area contributed by atoms with Crippen molar-refractivity contribution in [1.82, 2.24) is 0 Å². The third-order valence-electron chi connectivity index (χ3n) is 1.03. The molecular formula is C6H10N2O3S. The Hall–Kier alpha value is -1.04. The highest BCUT2D eigenvalue weighted by Gasteiger charge is 2.25. The summed E-state index contributed by atoms with van der Waals surface area (Å²) in [7, 11) is 1.18. The maximum atomic E-state index is 10.9. The van der Waals surface area contributed by atoms with E-state index in [4.69, 9.17) is 11.1 Å². The van der Waals surface area contributed by atoms with Crippen LogP contribution < -0.4 is 5.73 Å². The molecule has 0 aromatic rings. The number of nitrogens with one attached hydrogen (secondary N) is 1. The second-order valence-electron chi connectivity index (χ2n) is 2.00. The fraction of sp³-hybridized carbons (Fsp3) is 0.500. The Morgan fingerprint density at radius 2 is 2.08 bits per heavy atom. The molecule has 0 aliphatic heterocycles. The third-order valence-corrected chi connectivity index (χ3v) is 2.04. The highest BCUT2D eigenvalue weighted by Crippen LogP contribution is 2.12. The van der Waals surface area contributed by atoms with Gasteiger partial charge in [0.25, 0.3) is 0 Å². The van der Waals surface area contributed by atoms with E-state index in [1.807, 2.05) is 0 Å². The summed E-state index contributed by atoms with van der Waals surface area (Å²) in [6, 6.07) is 0. The van der Waals surface area contributed by atoms with Gasteiger partial charge in [-0.1, -0.05) is 11.8 Å². The first kappa shape index (κ1) is 11.0. The Bertz CT molecular complexity index is 217. The molecule has 0 heterocycles. The SMILES string of the molecule is COC(=O)[C@@H](SC(=N)N)C(C)=O. The molecule has 0 aromatic carbocycles. The lowest BCUT2D eigenvalue weighted by atomic mass is 10.3. The van der Waals surface area contributed by atoms with Gasteiger partial charge in [-0.15, -0.1) is 0 Å². The lowest BCUT2D eigenvalue weighted by Crippen LogP contribution is -2.29. The third kappa shape index (κ3) is 3.38. The predicted molar refractivity (Wildman–Crippen MR) is 46.0 cm³/mol. The van der Waals surface area contributed by atoms with E-state index >= 15 is 0 Å². The first-order valence-electron chi connectivity index (χ1n) is 3.08. The van der Waals surface area contributed by atoms with Crippen molar-refractivity contribution < 1.29 is 14.3 Å². The van der Waals surface area contributed by atoms with Crippen molar-refractivity contribution in [2.75, 3.05) is 7.11 Å². The van der Waals surface area contributed by atoms with Crippen molar-refractivity contribution in [2.24, 2.45) is 5.73 Å². The highest BCUT2D eigenvalue weighted by atomic mass is 32.2. The Kier molecular flexibility index (Phi) is 4.35. The average Bonchev–Trinajstić information content (AvgIpc) is 1.98. The standard InChI is InChI=1S/C6H10N2O3S/c1-3(9)4(5(10)11-2)12-6(7)8/h4H,1-2H3,(H3,7,8)/t4-/m0/s1. The van der Waals surface area contributed by atoms with Crippen molar-refractivity contribution in [3.63, 3.8) is 0 Å². The molecule has 68 valence electrons. The number of thioether (sulfide) groups is 1. The predicted octanol–water partition coefficient (Wildman–Crippen LogP) is -0.256. The molecule has 0 aromatic heterocycles. The first-order valence-corrected chi connectivity index (χ1v) is 3.96. The van der Waals surface area contributed by atoms with Crippen molar-refractivity contribution in [3.8, 4) is 0 Å². The molecule has 0 amide bonds. The highest BCUT2D eigenvalue weighted by molar-refractivity contribution is 8.15. The largest absolute Gasteiger partial charge is 0.468 e. The van der Waals surface area contributed by atoms with Gasteiger partial charge in [0.15, 0.2) is 16.2 Å². The Morgan fingerprint density at radius 1 is 1.58 bits per heavy atom. The summed E-state index contributed by atoms with van der Waals surface area (Å²) < 4.78 is 4.34. The lowest BCUT2D eigenvalue weighted by Gasteiger charge is -2.08. The van der Waals surface area contributed by atoms with Crippen LogP contribution in [0.15, 0.2) is 0 Å². The minimum atomic E-state index is -1.01. The van der Waals surface area contributed by atoms with Gasteiger partial charge in [-0.05, 0) is 6.92 Å². The Balaban J connectivity index is 4.33. The number of hydrogen-bond donors (Lipinski definition) is 2. The molecule has 6 heteroatoms. The summed E-state index contributed by atoms with van der Waals surface area (Å²) in [6.07, 6.45) is 0. The normalized spacial score (nSPS) is 11.8. The zero-order valence-corrected chi connectivity index (χ0v) is 7.60. The van der Waals surface area contributed by atoms with Crippen molar-refractivity contribution >= 4 is 28.7 Å². The average molecular weight is 190 g/mol. The minimum Gasteiger partial charge on any atom is -0.468 e. The van der Waals surface area contributed by atoms with Crippen LogP contribution in [0.2, 0.25) is 0 Å². The number of ether oxygens (including phenoxy) is 1. The monoisotopic (exact) mass is 190 g/mol. The van der Waals surface area contributed by atoms with Crippen molar-refractivity contribution in [3.05, 3.63) is 0 Å². The molecule has 3 N–H and O–H groups in total. The molecule has 0 fully saturated rings. The van der Waals surface area contributed by atoms with Crippen LogP contribution in [-0.4, -0.2) is 29.3 Å². The van der Waals surface area contributed by atoms with E-state index in [0.717, 1.165) is 0 Å². The summed E-state index contributed by atoms with van der Waals surface area (Å²) in [5.74, 6) is -1.05. The van der Waals surface area contributed by atoms with Crippen LogP contribution in [0.1, 0.15) is 6.92 Å². The Morgan fingerprint density at radius 3 is 2.33 bits per heavy atom. The number of rotatable bonds is 3. The van der Waals surface area contributed by atoms with Gasteiger partial charge in [0.2, 0.25) is 0 Å². The number of amidine groups is 1. The van der Waals surface area contributed by atoms with Gasteiger partial charge in [-0.25, -0.2) is 0 Å². The maximum Gasteiger partial charge on any atom is 0.326 e. The smallest absolute Gasteiger partial charge is 0.326 e. The number of ketones is 1. The molecule has 1 atom stereocenters. The van der Waals surface area contributed by atoms with Gasteiger partial charge in [0.05, 0.1) is 7.11 Å². The van der Waals surface area contributed by atoms with Crippen LogP contribution >= 0.6 is 11.8 Å². The van der Waals surface area contributed by atoms with Gasteiger partial charge in [0, 0.05) is 0 Å². The molecular weight excluding hydrogens is 180 g/mol. The van der Waals surface area contributed by atoms with E-state index in [2.05, 4.69) is 4.74 Å². The molecule has 12 heavy (non-hydrogen) atoms. The fourth-order valence-electron chi connectivity index (χ4n) is 0.531. The van der Waals surface area contributed by atoms with Crippen LogP contribution in [0.25, 0.3) is 0 Å². The molecule has 0 bridgehead atoms. The van der Waals surface area contributed by atoms with Gasteiger partial charge < -0.3 is 10.5 Å². The summed E-state index contributed by atoms with van der Waals surface area (Å²) >= 11 is 0.677. The van der Waals surface area contributed by atoms with Gasteiger partial charge in [0.1, 0.15) is 0 Å². The number of carbonyl (C=O) groups excluding carboxylic acids is 2. The first-order chi connectivity index (χ1) is 5.49. The molecule has 5 nitrogen and oxygen atoms in total. The fourth-order valence-corrected chi connectivity index (χ4v) is 1.14. The molecule has 0 rings (SSSR count). The van der Waals surface area contributed by atoms with Gasteiger partial charge >= 0.3 is 5.97 Å². The molecule has 0 saturated heterocycles. The van der Waals surface area contributed by atoms with E-state index < -0.39 is 11.2 Å². The molecule has 0 saturated carbocycles. The zero-order chi connectivity index (χ0) is 9.72. The second-order valence-corrected chi connectivity index (χ2v) is 3.14. The van der Waals surface area contributed by atoms with Crippen LogP contribution in [0.5, 0.6) is 0 Å². The van der Waals surface area contributed by atoms with Crippen molar-refractivity contribution in [2.45, 2.75) is 12.2 Å². The molecule has 0 radical (unpaired) electrons. The van der Waals surface area contributed by atoms with Crippen LogP contribution in [0.4, 0.5) is 0 Å². The van der Waals surface area contributed by atoms with E-state index in [1.165, 1.54) is 14.0 Å². The van der Waals surface area contributed by atoms with Gasteiger partial charge in [-0.3, -0.25) is 15.0 Å². The molecule has 0 aliphatic carbocycles. The maximum absolute atomic E-state index is 10.9. The number of hydrogen-bond acceptors (Lipinski definition) is 5. The summed E-state index contributed by atoms with van der Waals surface area (Å²) in [5, 5.41) is 5.58. The minimum absolute atomic E-state index is 0.277. The van der Waals surface area contributed by atoms with Crippen LogP contribution in [0, 0.1) is 5.41 Å². The number of methoxy groups -OCH3 is 1. The summed E-state index contributed by atoms with van der Waals surface area (Å²) in [6.45, 7) is 1.25. The second kappa shape index (κ2) is 4.76. The molecule has 0 unspecified atom stereocenters. The van der Waals surface area contributed by atoms with E-state index in [9.17, 15) is 9.59 Å². The molecule has 0 spiro atoms. The lowest BCUT2D eigenvalue weighted by molar-refractivity contribution is -0.142. The van der Waals surface area contributed by atoms with Gasteiger partial charge in [-0.2, -0.15) is 0 Å². The molecule has 0 aliphatic rings. The summed E-state index contributed by atoms with van der Waals surface area (Å²) in [5.41, 5.74) is 5.01. The van der Waals surface area contributed by atoms with Crippen molar-refractivity contribution in [1.29, 1.82) is 5.41 Å². The summed E-state index contributed by atoms with van der Waals surface area (Å²) in [4.78, 5) is 21.7. The number of nitrogens with two attached hydrogens (primary N) is 1. The number of esters is 1. The zero-order valence-electron chi connectivity index (χ0n) is 6.79. The number of Topliss-reactive ketones (excluding diaryl/α,β-unsaturated/α-hetero) is 1. The van der Waals surface area contributed by atoms with E-state index in [-0.39, 0.29) is 11.0 Å². The quantitative estimate of drug-likeness (QED) is 0.277.